The highest BCUT2D eigenvalue weighted by atomic mass is 19.1. The number of aromatic amines is 1. The lowest BCUT2D eigenvalue weighted by Crippen LogP contribution is -2.40. The van der Waals surface area contributed by atoms with Crippen molar-refractivity contribution in [1.29, 1.82) is 0 Å². The Bertz CT molecular complexity index is 1270. The highest BCUT2D eigenvalue weighted by molar-refractivity contribution is 5.85. The molecule has 1 aliphatic carbocycles. The van der Waals surface area contributed by atoms with Crippen molar-refractivity contribution < 1.29 is 13.9 Å². The van der Waals surface area contributed by atoms with Crippen LogP contribution in [0.3, 0.4) is 0 Å². The summed E-state index contributed by atoms with van der Waals surface area (Å²) in [6.07, 6.45) is 6.33. The molecule has 0 bridgehead atoms. The maximum atomic E-state index is 13.7. The summed E-state index contributed by atoms with van der Waals surface area (Å²) < 4.78 is 25.9. The minimum atomic E-state index is -0.179. The molecule has 0 amide bonds. The van der Waals surface area contributed by atoms with Gasteiger partial charge in [-0.1, -0.05) is 0 Å². The van der Waals surface area contributed by atoms with Crippen molar-refractivity contribution >= 4 is 21.9 Å². The summed E-state index contributed by atoms with van der Waals surface area (Å²) in [4.78, 5) is 12.2. The van der Waals surface area contributed by atoms with Crippen LogP contribution in [0.5, 0.6) is 11.5 Å². The van der Waals surface area contributed by atoms with Crippen LogP contribution in [0.15, 0.2) is 42.7 Å². The SMILES string of the molecule is Fc1ccc2[nH]c3c(c2c1)C[C@H](CNC[C@H]1COc2ccc4nccnc4c2O1)CC3. The van der Waals surface area contributed by atoms with Gasteiger partial charge in [0.2, 0.25) is 0 Å². The maximum absolute atomic E-state index is 13.7. The zero-order valence-electron chi connectivity index (χ0n) is 17.0. The summed E-state index contributed by atoms with van der Waals surface area (Å²) in [7, 11) is 0. The number of hydrogen-bond acceptors (Lipinski definition) is 5. The van der Waals surface area contributed by atoms with Crippen molar-refractivity contribution in [2.24, 2.45) is 5.92 Å². The zero-order chi connectivity index (χ0) is 20.8. The topological polar surface area (TPSA) is 72.1 Å². The Morgan fingerprint density at radius 2 is 2.06 bits per heavy atom. The fourth-order valence-corrected chi connectivity index (χ4v) is 4.79. The van der Waals surface area contributed by atoms with E-state index < -0.39 is 0 Å². The molecule has 0 unspecified atom stereocenters. The first-order valence-electron chi connectivity index (χ1n) is 10.8. The maximum Gasteiger partial charge on any atom is 0.189 e. The van der Waals surface area contributed by atoms with Crippen molar-refractivity contribution in [3.63, 3.8) is 0 Å². The van der Waals surface area contributed by atoms with Crippen LogP contribution < -0.4 is 14.8 Å². The third-order valence-electron chi connectivity index (χ3n) is 6.32. The number of rotatable bonds is 4. The third-order valence-corrected chi connectivity index (χ3v) is 6.32. The molecule has 2 aromatic carbocycles. The molecule has 2 atom stereocenters. The van der Waals surface area contributed by atoms with Crippen molar-refractivity contribution in [2.45, 2.75) is 25.4 Å². The molecule has 2 N–H and O–H groups in total. The number of H-pyrrole nitrogens is 1. The van der Waals surface area contributed by atoms with E-state index in [0.717, 1.165) is 53.5 Å². The van der Waals surface area contributed by atoms with Gasteiger partial charge < -0.3 is 19.8 Å². The van der Waals surface area contributed by atoms with Crippen LogP contribution in [-0.4, -0.2) is 40.8 Å². The first-order chi connectivity index (χ1) is 15.2. The van der Waals surface area contributed by atoms with Gasteiger partial charge in [-0.2, -0.15) is 0 Å². The van der Waals surface area contributed by atoms with E-state index in [1.807, 2.05) is 18.2 Å². The smallest absolute Gasteiger partial charge is 0.189 e. The molecule has 0 radical (unpaired) electrons. The van der Waals surface area contributed by atoms with Crippen LogP contribution in [0, 0.1) is 11.7 Å². The summed E-state index contributed by atoms with van der Waals surface area (Å²) in [5.74, 6) is 1.72. The number of hydrogen-bond donors (Lipinski definition) is 2. The minimum absolute atomic E-state index is 0.0820. The van der Waals surface area contributed by atoms with Crippen LogP contribution in [0.1, 0.15) is 17.7 Å². The minimum Gasteiger partial charge on any atom is -0.486 e. The molecule has 0 saturated carbocycles. The van der Waals surface area contributed by atoms with Crippen molar-refractivity contribution in [3.8, 4) is 11.5 Å². The van der Waals surface area contributed by atoms with E-state index in [1.165, 1.54) is 17.3 Å². The molecule has 6 nitrogen and oxygen atoms in total. The average Bonchev–Trinajstić information content (AvgIpc) is 3.16. The number of halogens is 1. The molecule has 2 aromatic heterocycles. The number of ether oxygens (including phenoxy) is 2. The van der Waals surface area contributed by atoms with Gasteiger partial charge in [0.1, 0.15) is 24.0 Å². The second-order valence-corrected chi connectivity index (χ2v) is 8.41. The first-order valence-corrected chi connectivity index (χ1v) is 10.8. The number of fused-ring (bicyclic) bond motifs is 6. The molecule has 31 heavy (non-hydrogen) atoms. The summed E-state index contributed by atoms with van der Waals surface area (Å²) in [6, 6.07) is 8.79. The molecule has 0 spiro atoms. The second kappa shape index (κ2) is 7.50. The lowest BCUT2D eigenvalue weighted by molar-refractivity contribution is 0.0912. The van der Waals surface area contributed by atoms with Gasteiger partial charge in [-0.3, -0.25) is 4.98 Å². The van der Waals surface area contributed by atoms with E-state index in [-0.39, 0.29) is 11.9 Å². The summed E-state index contributed by atoms with van der Waals surface area (Å²) in [5, 5.41) is 4.58. The summed E-state index contributed by atoms with van der Waals surface area (Å²) >= 11 is 0. The van der Waals surface area contributed by atoms with E-state index in [9.17, 15) is 4.39 Å². The Kier molecular flexibility index (Phi) is 4.49. The Balaban J connectivity index is 1.10. The standard InChI is InChI=1S/C24H23FN4O2/c25-15-2-4-20-18(10-15)17-9-14(1-3-19(17)29-20)11-26-12-16-13-30-22-6-5-21-23(24(22)31-16)28-8-7-27-21/h2,4-8,10,14,16,26,29H,1,3,9,11-13H2/t14-,16+/m1/s1. The molecule has 0 fully saturated rings. The zero-order valence-corrected chi connectivity index (χ0v) is 17.0. The molecular weight excluding hydrogens is 395 g/mol. The number of nitrogens with one attached hydrogen (secondary N) is 2. The molecule has 4 aromatic rings. The quantitative estimate of drug-likeness (QED) is 0.528. The van der Waals surface area contributed by atoms with Crippen LogP contribution in [0.2, 0.25) is 0 Å². The van der Waals surface area contributed by atoms with Gasteiger partial charge in [-0.05, 0) is 67.6 Å². The van der Waals surface area contributed by atoms with Gasteiger partial charge in [0.05, 0.1) is 5.52 Å². The van der Waals surface area contributed by atoms with E-state index in [2.05, 4.69) is 20.3 Å². The molecule has 2 aliphatic rings. The van der Waals surface area contributed by atoms with Crippen molar-refractivity contribution in [3.05, 3.63) is 59.8 Å². The van der Waals surface area contributed by atoms with Gasteiger partial charge in [0, 0.05) is 35.5 Å². The van der Waals surface area contributed by atoms with Gasteiger partial charge in [0.25, 0.3) is 0 Å². The largest absolute Gasteiger partial charge is 0.486 e. The lowest BCUT2D eigenvalue weighted by atomic mass is 9.86. The Hall–Kier alpha value is -3.19. The molecule has 158 valence electrons. The molecule has 6 rings (SSSR count). The van der Waals surface area contributed by atoms with Crippen LogP contribution in [0.25, 0.3) is 21.9 Å². The van der Waals surface area contributed by atoms with Crippen LogP contribution in [0.4, 0.5) is 4.39 Å². The molecule has 0 saturated heterocycles. The number of nitrogens with zero attached hydrogens (tertiary/aromatic N) is 2. The van der Waals surface area contributed by atoms with E-state index in [4.69, 9.17) is 9.47 Å². The van der Waals surface area contributed by atoms with E-state index in [0.29, 0.717) is 24.8 Å². The van der Waals surface area contributed by atoms with Gasteiger partial charge >= 0.3 is 0 Å². The number of benzene rings is 2. The summed E-state index contributed by atoms with van der Waals surface area (Å²) in [6.45, 7) is 2.09. The van der Waals surface area contributed by atoms with Crippen LogP contribution in [-0.2, 0) is 12.8 Å². The number of aryl methyl sites for hydroxylation is 1. The van der Waals surface area contributed by atoms with E-state index in [1.54, 1.807) is 18.5 Å². The predicted octanol–water partition coefficient (Wildman–Crippen LogP) is 3.78. The van der Waals surface area contributed by atoms with Crippen LogP contribution >= 0.6 is 0 Å². The first kappa shape index (κ1) is 18.6. The van der Waals surface area contributed by atoms with Gasteiger partial charge in [-0.25, -0.2) is 9.37 Å². The lowest BCUT2D eigenvalue weighted by Gasteiger charge is -2.28. The van der Waals surface area contributed by atoms with Gasteiger partial charge in [0.15, 0.2) is 11.5 Å². The Morgan fingerprint density at radius 1 is 1.13 bits per heavy atom. The molecule has 3 heterocycles. The van der Waals surface area contributed by atoms with Crippen molar-refractivity contribution in [2.75, 3.05) is 19.7 Å². The highest BCUT2D eigenvalue weighted by Crippen LogP contribution is 2.37. The third kappa shape index (κ3) is 3.39. The monoisotopic (exact) mass is 418 g/mol. The Labute approximate surface area is 178 Å². The van der Waals surface area contributed by atoms with E-state index >= 15 is 0 Å². The normalized spacial score (nSPS) is 20.2. The molecule has 1 aliphatic heterocycles. The predicted molar refractivity (Wildman–Crippen MR) is 116 cm³/mol. The van der Waals surface area contributed by atoms with Gasteiger partial charge in [-0.15, -0.1) is 0 Å². The Morgan fingerprint density at radius 3 is 3.03 bits per heavy atom. The molecular formula is C24H23FN4O2. The highest BCUT2D eigenvalue weighted by Gasteiger charge is 2.26. The van der Waals surface area contributed by atoms with Crippen molar-refractivity contribution in [1.82, 2.24) is 20.3 Å². The number of aromatic nitrogens is 3. The molecule has 7 heteroatoms. The summed E-state index contributed by atoms with van der Waals surface area (Å²) in [5.41, 5.74) is 5.08. The fraction of sp³-hybridized carbons (Fsp3) is 0.333. The average molecular weight is 418 g/mol. The second-order valence-electron chi connectivity index (χ2n) is 8.41. The fourth-order valence-electron chi connectivity index (χ4n) is 4.79.